The third-order valence-electron chi connectivity index (χ3n) is 2.50. The molecule has 2 rings (SSSR count). The van der Waals surface area contributed by atoms with E-state index >= 15 is 0 Å². The third kappa shape index (κ3) is 4.24. The summed E-state index contributed by atoms with van der Waals surface area (Å²) in [5, 5.41) is 3.37. The Balaban J connectivity index is 2.01. The van der Waals surface area contributed by atoms with Crippen LogP contribution in [0.2, 0.25) is 10.0 Å². The van der Waals surface area contributed by atoms with E-state index in [4.69, 9.17) is 32.4 Å². The van der Waals surface area contributed by atoms with Crippen molar-refractivity contribution < 1.29 is 13.9 Å². The molecule has 1 amide bonds. The number of benzene rings is 1. The highest BCUT2D eigenvalue weighted by atomic mass is 35.5. The van der Waals surface area contributed by atoms with E-state index in [1.165, 1.54) is 12.3 Å². The number of halogens is 2. The van der Waals surface area contributed by atoms with Gasteiger partial charge in [0, 0.05) is 21.8 Å². The van der Waals surface area contributed by atoms with Gasteiger partial charge < -0.3 is 14.5 Å². The number of anilines is 1. The van der Waals surface area contributed by atoms with E-state index < -0.39 is 5.91 Å². The fourth-order valence-electron chi connectivity index (χ4n) is 1.63. The van der Waals surface area contributed by atoms with Gasteiger partial charge in [-0.1, -0.05) is 23.2 Å². The first-order valence-corrected chi connectivity index (χ1v) is 6.68. The van der Waals surface area contributed by atoms with E-state index in [2.05, 4.69) is 5.32 Å². The molecule has 0 aliphatic carbocycles. The Labute approximate surface area is 130 Å². The van der Waals surface area contributed by atoms with Gasteiger partial charge in [-0.25, -0.2) is 0 Å². The van der Waals surface area contributed by atoms with Crippen molar-refractivity contribution in [1.82, 2.24) is 0 Å². The van der Waals surface area contributed by atoms with Crippen molar-refractivity contribution in [2.24, 2.45) is 0 Å². The van der Waals surface area contributed by atoms with Crippen LogP contribution in [0.1, 0.15) is 5.76 Å². The van der Waals surface area contributed by atoms with Gasteiger partial charge in [-0.05, 0) is 25.1 Å². The Kier molecular flexibility index (Phi) is 4.88. The minimum absolute atomic E-state index is 0.0109. The molecule has 0 saturated carbocycles. The average Bonchev–Trinajstić information content (AvgIpc) is 2.36. The lowest BCUT2D eigenvalue weighted by atomic mass is 10.3. The number of carbonyl (C=O) groups is 1. The van der Waals surface area contributed by atoms with Crippen LogP contribution in [0.5, 0.6) is 5.75 Å². The molecule has 21 heavy (non-hydrogen) atoms. The average molecular weight is 328 g/mol. The number of amides is 1. The maximum Gasteiger partial charge on any atom is 0.262 e. The molecule has 1 heterocycles. The normalized spacial score (nSPS) is 10.2. The van der Waals surface area contributed by atoms with Gasteiger partial charge >= 0.3 is 0 Å². The molecule has 1 aromatic carbocycles. The van der Waals surface area contributed by atoms with E-state index in [0.717, 1.165) is 0 Å². The van der Waals surface area contributed by atoms with E-state index in [1.54, 1.807) is 25.1 Å². The van der Waals surface area contributed by atoms with Crippen molar-refractivity contribution in [2.75, 3.05) is 11.9 Å². The van der Waals surface area contributed by atoms with Crippen molar-refractivity contribution in [3.8, 4) is 5.75 Å². The molecule has 1 N–H and O–H groups in total. The van der Waals surface area contributed by atoms with E-state index in [9.17, 15) is 9.59 Å². The van der Waals surface area contributed by atoms with Gasteiger partial charge in [0.1, 0.15) is 5.76 Å². The maximum absolute atomic E-state index is 11.8. The summed E-state index contributed by atoms with van der Waals surface area (Å²) in [5.41, 5.74) is 0.0928. The molecular formula is C14H11Cl2NO4. The molecule has 0 fully saturated rings. The molecule has 0 spiro atoms. The highest BCUT2D eigenvalue weighted by molar-refractivity contribution is 6.35. The molecule has 2 aromatic rings. The van der Waals surface area contributed by atoms with Gasteiger partial charge in [-0.3, -0.25) is 9.59 Å². The summed E-state index contributed by atoms with van der Waals surface area (Å²) in [4.78, 5) is 23.3. The predicted molar refractivity (Wildman–Crippen MR) is 80.3 cm³/mol. The summed E-state index contributed by atoms with van der Waals surface area (Å²) in [6.45, 7) is 1.24. The summed E-state index contributed by atoms with van der Waals surface area (Å²) in [7, 11) is 0. The molecule has 0 saturated heterocycles. The number of aryl methyl sites for hydroxylation is 1. The zero-order valence-corrected chi connectivity index (χ0v) is 12.5. The molecule has 0 bridgehead atoms. The van der Waals surface area contributed by atoms with Gasteiger partial charge in [0.25, 0.3) is 5.91 Å². The second kappa shape index (κ2) is 6.65. The highest BCUT2D eigenvalue weighted by Gasteiger charge is 2.10. The number of carbonyl (C=O) groups excluding carboxylic acids is 1. The monoisotopic (exact) mass is 327 g/mol. The predicted octanol–water partition coefficient (Wildman–Crippen LogP) is 3.27. The quantitative estimate of drug-likeness (QED) is 0.935. The Morgan fingerprint density at radius 3 is 2.57 bits per heavy atom. The Hall–Kier alpha value is -1.98. The van der Waals surface area contributed by atoms with Gasteiger partial charge in [0.2, 0.25) is 11.2 Å². The first-order valence-electron chi connectivity index (χ1n) is 5.93. The number of hydrogen-bond donors (Lipinski definition) is 1. The Morgan fingerprint density at radius 1 is 1.29 bits per heavy atom. The maximum atomic E-state index is 11.8. The molecule has 5 nitrogen and oxygen atoms in total. The minimum atomic E-state index is -0.448. The van der Waals surface area contributed by atoms with Crippen LogP contribution in [0.3, 0.4) is 0 Å². The molecule has 0 radical (unpaired) electrons. The van der Waals surface area contributed by atoms with Crippen LogP contribution in [0.15, 0.2) is 39.7 Å². The van der Waals surface area contributed by atoms with Gasteiger partial charge in [0.15, 0.2) is 6.61 Å². The first kappa shape index (κ1) is 15.4. The molecule has 110 valence electrons. The van der Waals surface area contributed by atoms with Crippen LogP contribution >= 0.6 is 23.2 Å². The molecule has 0 atom stereocenters. The molecular weight excluding hydrogens is 317 g/mol. The standard InChI is InChI=1S/C14H11Cl2NO4/c1-8-14(12(18)2-3-20-8)21-7-13(19)17-11-5-9(15)4-10(16)6-11/h2-6H,7H2,1H3,(H,17,19). The highest BCUT2D eigenvalue weighted by Crippen LogP contribution is 2.22. The van der Waals surface area contributed by atoms with Crippen molar-refractivity contribution in [2.45, 2.75) is 6.92 Å². The smallest absolute Gasteiger partial charge is 0.262 e. The summed E-state index contributed by atoms with van der Waals surface area (Å²) in [6.07, 6.45) is 1.26. The van der Waals surface area contributed by atoms with Crippen molar-refractivity contribution >= 4 is 34.8 Å². The van der Waals surface area contributed by atoms with Crippen molar-refractivity contribution in [3.63, 3.8) is 0 Å². The van der Waals surface area contributed by atoms with Crippen LogP contribution < -0.4 is 15.5 Å². The minimum Gasteiger partial charge on any atom is -0.476 e. The summed E-state index contributed by atoms with van der Waals surface area (Å²) >= 11 is 11.7. The lowest BCUT2D eigenvalue weighted by Crippen LogP contribution is -2.22. The number of hydrogen-bond acceptors (Lipinski definition) is 4. The summed E-state index contributed by atoms with van der Waals surface area (Å²) < 4.78 is 10.2. The SMILES string of the molecule is Cc1occc(=O)c1OCC(=O)Nc1cc(Cl)cc(Cl)c1. The van der Waals surface area contributed by atoms with Gasteiger partial charge in [-0.2, -0.15) is 0 Å². The first-order chi connectivity index (χ1) is 9.95. The van der Waals surface area contributed by atoms with Crippen LogP contribution in [-0.2, 0) is 4.79 Å². The van der Waals surface area contributed by atoms with E-state index in [1.807, 2.05) is 0 Å². The lowest BCUT2D eigenvalue weighted by molar-refractivity contribution is -0.118. The fourth-order valence-corrected chi connectivity index (χ4v) is 2.16. The fraction of sp³-hybridized carbons (Fsp3) is 0.143. The van der Waals surface area contributed by atoms with Crippen LogP contribution in [0.25, 0.3) is 0 Å². The van der Waals surface area contributed by atoms with E-state index in [0.29, 0.717) is 21.5 Å². The Bertz CT molecular complexity index is 707. The zero-order valence-electron chi connectivity index (χ0n) is 11.0. The summed E-state index contributed by atoms with van der Waals surface area (Å²) in [5.74, 6) is -0.131. The zero-order chi connectivity index (χ0) is 15.4. The molecule has 0 aliphatic rings. The topological polar surface area (TPSA) is 68.5 Å². The number of rotatable bonds is 4. The van der Waals surface area contributed by atoms with Crippen molar-refractivity contribution in [1.29, 1.82) is 0 Å². The second-order valence-electron chi connectivity index (χ2n) is 4.17. The third-order valence-corrected chi connectivity index (χ3v) is 2.94. The number of nitrogens with one attached hydrogen (secondary N) is 1. The molecule has 1 aromatic heterocycles. The molecule has 0 aliphatic heterocycles. The largest absolute Gasteiger partial charge is 0.476 e. The van der Waals surface area contributed by atoms with Crippen LogP contribution in [0.4, 0.5) is 5.69 Å². The van der Waals surface area contributed by atoms with Crippen molar-refractivity contribution in [3.05, 3.63) is 56.6 Å². The van der Waals surface area contributed by atoms with Crippen LogP contribution in [0, 0.1) is 6.92 Å². The summed E-state index contributed by atoms with van der Waals surface area (Å²) in [6, 6.07) is 5.87. The second-order valence-corrected chi connectivity index (χ2v) is 5.04. The van der Waals surface area contributed by atoms with E-state index in [-0.39, 0.29) is 17.8 Å². The lowest BCUT2D eigenvalue weighted by Gasteiger charge is -2.08. The molecule has 7 heteroatoms. The number of ether oxygens (including phenoxy) is 1. The van der Waals surface area contributed by atoms with Gasteiger partial charge in [0.05, 0.1) is 6.26 Å². The molecule has 0 unspecified atom stereocenters. The van der Waals surface area contributed by atoms with Crippen LogP contribution in [-0.4, -0.2) is 12.5 Å². The van der Waals surface area contributed by atoms with Gasteiger partial charge in [-0.15, -0.1) is 0 Å². The Morgan fingerprint density at radius 2 is 1.95 bits per heavy atom.